The van der Waals surface area contributed by atoms with Crippen molar-refractivity contribution >= 4 is 40.5 Å². The summed E-state index contributed by atoms with van der Waals surface area (Å²) in [6.07, 6.45) is 0. The third-order valence-electron chi connectivity index (χ3n) is 2.90. The molecule has 7 heteroatoms. The van der Waals surface area contributed by atoms with Gasteiger partial charge < -0.3 is 15.5 Å². The second-order valence-electron chi connectivity index (χ2n) is 5.16. The number of benzene rings is 1. The smallest absolute Gasteiger partial charge is 0.136 e. The van der Waals surface area contributed by atoms with Crippen molar-refractivity contribution in [1.82, 2.24) is 14.9 Å². The molecule has 1 aromatic carbocycles. The largest absolute Gasteiger partial charge is 0.369 e. The number of aryl methyl sites for hydroxylation is 1. The molecule has 1 aromatic heterocycles. The number of nitrogens with one attached hydrogen (secondary N) is 2. The first-order valence-electron chi connectivity index (χ1n) is 6.90. The van der Waals surface area contributed by atoms with E-state index < -0.39 is 0 Å². The van der Waals surface area contributed by atoms with E-state index in [1.807, 2.05) is 33.2 Å². The Balaban J connectivity index is 2.12. The van der Waals surface area contributed by atoms with E-state index in [9.17, 15) is 0 Å². The normalized spacial score (nSPS) is 10.8. The van der Waals surface area contributed by atoms with Crippen molar-refractivity contribution in [3.05, 3.63) is 40.1 Å². The highest BCUT2D eigenvalue weighted by atomic mass is 35.5. The molecule has 2 rings (SSSR count). The Morgan fingerprint density at radius 2 is 1.82 bits per heavy atom. The lowest BCUT2D eigenvalue weighted by Gasteiger charge is -2.13. The van der Waals surface area contributed by atoms with Gasteiger partial charge in [-0.2, -0.15) is 0 Å². The third kappa shape index (κ3) is 5.02. The maximum Gasteiger partial charge on any atom is 0.136 e. The monoisotopic (exact) mass is 339 g/mol. The SMILES string of the molecule is Cc1nc(NCCN(C)C)cc(Nc2ccc(Cl)cc2Cl)n1. The highest BCUT2D eigenvalue weighted by Gasteiger charge is 2.06. The molecule has 0 fully saturated rings. The van der Waals surface area contributed by atoms with Crippen LogP contribution in [0, 0.1) is 6.92 Å². The zero-order valence-electron chi connectivity index (χ0n) is 12.8. The molecule has 0 saturated heterocycles. The van der Waals surface area contributed by atoms with Crippen LogP contribution in [0.5, 0.6) is 0 Å². The molecule has 0 radical (unpaired) electrons. The van der Waals surface area contributed by atoms with Gasteiger partial charge in [0.1, 0.15) is 17.5 Å². The van der Waals surface area contributed by atoms with Gasteiger partial charge in [0.05, 0.1) is 10.7 Å². The van der Waals surface area contributed by atoms with Gasteiger partial charge in [-0.1, -0.05) is 23.2 Å². The summed E-state index contributed by atoms with van der Waals surface area (Å²) >= 11 is 12.1. The topological polar surface area (TPSA) is 53.1 Å². The van der Waals surface area contributed by atoms with Crippen LogP contribution in [0.2, 0.25) is 10.0 Å². The number of anilines is 3. The lowest BCUT2D eigenvalue weighted by molar-refractivity contribution is 0.425. The molecule has 0 aliphatic carbocycles. The summed E-state index contributed by atoms with van der Waals surface area (Å²) in [5, 5.41) is 7.61. The first-order chi connectivity index (χ1) is 10.4. The molecule has 2 N–H and O–H groups in total. The van der Waals surface area contributed by atoms with Crippen LogP contribution in [0.1, 0.15) is 5.82 Å². The van der Waals surface area contributed by atoms with Gasteiger partial charge in [-0.15, -0.1) is 0 Å². The van der Waals surface area contributed by atoms with Crippen LogP contribution < -0.4 is 10.6 Å². The van der Waals surface area contributed by atoms with Gasteiger partial charge in [0.25, 0.3) is 0 Å². The Kier molecular flexibility index (Phi) is 5.83. The molecule has 0 unspecified atom stereocenters. The van der Waals surface area contributed by atoms with E-state index in [0.717, 1.165) is 24.6 Å². The summed E-state index contributed by atoms with van der Waals surface area (Å²) < 4.78 is 0. The highest BCUT2D eigenvalue weighted by Crippen LogP contribution is 2.28. The second kappa shape index (κ2) is 7.63. The number of likely N-dealkylation sites (N-methyl/N-ethyl adjacent to an activating group) is 1. The van der Waals surface area contributed by atoms with Crippen molar-refractivity contribution in [2.24, 2.45) is 0 Å². The lowest BCUT2D eigenvalue weighted by atomic mass is 10.3. The Bertz CT molecular complexity index is 646. The van der Waals surface area contributed by atoms with Crippen LogP contribution in [-0.4, -0.2) is 42.1 Å². The van der Waals surface area contributed by atoms with Crippen molar-refractivity contribution in [2.45, 2.75) is 6.92 Å². The fourth-order valence-electron chi connectivity index (χ4n) is 1.86. The summed E-state index contributed by atoms with van der Waals surface area (Å²) in [6.45, 7) is 3.59. The van der Waals surface area contributed by atoms with Crippen molar-refractivity contribution in [3.8, 4) is 0 Å². The summed E-state index contributed by atoms with van der Waals surface area (Å²) in [5.74, 6) is 2.15. The number of aromatic nitrogens is 2. The molecule has 2 aromatic rings. The van der Waals surface area contributed by atoms with E-state index in [1.165, 1.54) is 0 Å². The van der Waals surface area contributed by atoms with Crippen LogP contribution in [-0.2, 0) is 0 Å². The zero-order valence-corrected chi connectivity index (χ0v) is 14.3. The summed E-state index contributed by atoms with van der Waals surface area (Å²) in [7, 11) is 4.06. The summed E-state index contributed by atoms with van der Waals surface area (Å²) in [4.78, 5) is 10.9. The number of hydrogen-bond donors (Lipinski definition) is 2. The van der Waals surface area contributed by atoms with Gasteiger partial charge in [-0.25, -0.2) is 9.97 Å². The number of halogens is 2. The number of nitrogens with zero attached hydrogens (tertiary/aromatic N) is 3. The van der Waals surface area contributed by atoms with Crippen molar-refractivity contribution in [2.75, 3.05) is 37.8 Å². The van der Waals surface area contributed by atoms with Crippen LogP contribution in [0.15, 0.2) is 24.3 Å². The predicted octanol–water partition coefficient (Wildman–Crippen LogP) is 3.81. The van der Waals surface area contributed by atoms with E-state index in [1.54, 1.807) is 12.1 Å². The van der Waals surface area contributed by atoms with E-state index in [4.69, 9.17) is 23.2 Å². The van der Waals surface area contributed by atoms with Crippen molar-refractivity contribution in [1.29, 1.82) is 0 Å². The minimum Gasteiger partial charge on any atom is -0.369 e. The molecular formula is C15H19Cl2N5. The quantitative estimate of drug-likeness (QED) is 0.838. The molecule has 0 atom stereocenters. The van der Waals surface area contributed by atoms with Gasteiger partial charge in [-0.05, 0) is 39.2 Å². The van der Waals surface area contributed by atoms with Gasteiger partial charge in [-0.3, -0.25) is 0 Å². The first kappa shape index (κ1) is 16.8. The maximum atomic E-state index is 6.17. The average Bonchev–Trinajstić information content (AvgIpc) is 2.41. The minimum atomic E-state index is 0.547. The fraction of sp³-hybridized carbons (Fsp3) is 0.333. The van der Waals surface area contributed by atoms with E-state index in [2.05, 4.69) is 25.5 Å². The van der Waals surface area contributed by atoms with Gasteiger partial charge in [0.2, 0.25) is 0 Å². The van der Waals surface area contributed by atoms with Gasteiger partial charge in [0, 0.05) is 24.2 Å². The second-order valence-corrected chi connectivity index (χ2v) is 6.01. The van der Waals surface area contributed by atoms with Gasteiger partial charge in [0.15, 0.2) is 0 Å². The molecule has 1 heterocycles. The Labute approximate surface area is 140 Å². The first-order valence-corrected chi connectivity index (χ1v) is 7.66. The van der Waals surface area contributed by atoms with E-state index >= 15 is 0 Å². The molecular weight excluding hydrogens is 321 g/mol. The fourth-order valence-corrected chi connectivity index (χ4v) is 2.31. The van der Waals surface area contributed by atoms with Crippen molar-refractivity contribution < 1.29 is 0 Å². The van der Waals surface area contributed by atoms with E-state index in [-0.39, 0.29) is 0 Å². The highest BCUT2D eigenvalue weighted by molar-refractivity contribution is 6.36. The van der Waals surface area contributed by atoms with Gasteiger partial charge >= 0.3 is 0 Å². The Morgan fingerprint density at radius 3 is 2.50 bits per heavy atom. The summed E-state index contributed by atoms with van der Waals surface area (Å²) in [6, 6.07) is 7.14. The molecule has 0 bridgehead atoms. The Hall–Kier alpha value is -1.56. The zero-order chi connectivity index (χ0) is 16.1. The molecule has 5 nitrogen and oxygen atoms in total. The maximum absolute atomic E-state index is 6.17. The molecule has 0 saturated carbocycles. The summed E-state index contributed by atoms with van der Waals surface area (Å²) in [5.41, 5.74) is 0.753. The van der Waals surface area contributed by atoms with E-state index in [0.29, 0.717) is 21.7 Å². The van der Waals surface area contributed by atoms with Crippen molar-refractivity contribution in [3.63, 3.8) is 0 Å². The third-order valence-corrected chi connectivity index (χ3v) is 3.44. The molecule has 0 amide bonds. The van der Waals surface area contributed by atoms with Crippen LogP contribution in [0.3, 0.4) is 0 Å². The minimum absolute atomic E-state index is 0.547. The molecule has 0 spiro atoms. The number of rotatable bonds is 6. The standard InChI is InChI=1S/C15H19Cl2N5/c1-10-19-14(18-6-7-22(2)3)9-15(20-10)21-13-5-4-11(16)8-12(13)17/h4-5,8-9H,6-7H2,1-3H3,(H2,18,19,20,21). The lowest BCUT2D eigenvalue weighted by Crippen LogP contribution is -2.21. The van der Waals surface area contributed by atoms with Crippen LogP contribution in [0.25, 0.3) is 0 Å². The predicted molar refractivity (Wildman–Crippen MR) is 93.6 cm³/mol. The molecule has 22 heavy (non-hydrogen) atoms. The van der Waals surface area contributed by atoms with Crippen LogP contribution in [0.4, 0.5) is 17.3 Å². The average molecular weight is 340 g/mol. The molecule has 118 valence electrons. The Morgan fingerprint density at radius 1 is 1.09 bits per heavy atom. The molecule has 0 aliphatic heterocycles. The number of hydrogen-bond acceptors (Lipinski definition) is 5. The van der Waals surface area contributed by atoms with Crippen LogP contribution >= 0.6 is 23.2 Å². The molecule has 0 aliphatic rings.